The Morgan fingerprint density at radius 1 is 1.00 bits per heavy atom. The zero-order valence-electron chi connectivity index (χ0n) is 21.7. The normalized spacial score (nSPS) is 12.3. The lowest BCUT2D eigenvalue weighted by atomic mass is 9.98. The van der Waals surface area contributed by atoms with Gasteiger partial charge in [-0.1, -0.05) is 13.0 Å². The first-order valence-electron chi connectivity index (χ1n) is 12.3. The molecule has 5 rings (SSSR count). The van der Waals surface area contributed by atoms with Crippen LogP contribution < -0.4 is 10.0 Å². The molecular weight excluding hydrogens is 500 g/mol. The fourth-order valence-electron chi connectivity index (χ4n) is 4.53. The molecule has 0 saturated heterocycles. The highest BCUT2D eigenvalue weighted by molar-refractivity contribution is 7.89. The Morgan fingerprint density at radius 3 is 2.47 bits per heavy atom. The number of fused-ring (bicyclic) bond motifs is 2. The number of pyridine rings is 2. The molecule has 9 nitrogen and oxygen atoms in total. The van der Waals surface area contributed by atoms with Crippen LogP contribution in [0.1, 0.15) is 26.3 Å². The SMILES string of the molecule is CCNS(=O)(=O)c1ccc(Nc2cc3c(-c4ccc5c(cnn5CC(C)(C)O)c4C)nccc3cn2)cc1. The monoisotopic (exact) mass is 530 g/mol. The minimum absolute atomic E-state index is 0.208. The van der Waals surface area contributed by atoms with Gasteiger partial charge in [0, 0.05) is 46.3 Å². The fraction of sp³-hybridized carbons (Fsp3) is 0.250. The van der Waals surface area contributed by atoms with E-state index in [1.165, 1.54) is 0 Å². The maximum absolute atomic E-state index is 12.2. The van der Waals surface area contributed by atoms with Crippen molar-refractivity contribution in [1.29, 1.82) is 0 Å². The number of aromatic nitrogens is 4. The van der Waals surface area contributed by atoms with Gasteiger partial charge in [0.05, 0.1) is 34.4 Å². The zero-order chi connectivity index (χ0) is 27.1. The summed E-state index contributed by atoms with van der Waals surface area (Å²) in [6.07, 6.45) is 5.40. The molecular formula is C28H30N6O3S. The van der Waals surface area contributed by atoms with Crippen LogP contribution in [0.3, 0.4) is 0 Å². The van der Waals surface area contributed by atoms with Gasteiger partial charge in [0.2, 0.25) is 10.0 Å². The highest BCUT2D eigenvalue weighted by Crippen LogP contribution is 2.34. The Labute approximate surface area is 221 Å². The van der Waals surface area contributed by atoms with Gasteiger partial charge in [0.15, 0.2) is 0 Å². The predicted octanol–water partition coefficient (Wildman–Crippen LogP) is 4.77. The average molecular weight is 531 g/mol. The number of rotatable bonds is 8. The number of anilines is 2. The third-order valence-electron chi connectivity index (χ3n) is 6.31. The van der Waals surface area contributed by atoms with Crippen molar-refractivity contribution in [2.24, 2.45) is 0 Å². The molecule has 0 aliphatic heterocycles. The molecule has 0 radical (unpaired) electrons. The van der Waals surface area contributed by atoms with Gasteiger partial charge in [-0.05, 0) is 68.8 Å². The number of aryl methyl sites for hydroxylation is 1. The lowest BCUT2D eigenvalue weighted by molar-refractivity contribution is 0.0591. The molecule has 196 valence electrons. The zero-order valence-corrected chi connectivity index (χ0v) is 22.5. The van der Waals surface area contributed by atoms with Crippen molar-refractivity contribution < 1.29 is 13.5 Å². The van der Waals surface area contributed by atoms with Gasteiger partial charge in [-0.2, -0.15) is 5.10 Å². The van der Waals surface area contributed by atoms with Gasteiger partial charge in [-0.15, -0.1) is 0 Å². The molecule has 0 saturated carbocycles. The Morgan fingerprint density at radius 2 is 1.76 bits per heavy atom. The number of nitrogens with one attached hydrogen (secondary N) is 2. The van der Waals surface area contributed by atoms with Gasteiger partial charge in [-0.3, -0.25) is 9.67 Å². The molecule has 5 aromatic rings. The number of hydrogen-bond acceptors (Lipinski definition) is 7. The van der Waals surface area contributed by atoms with Crippen LogP contribution in [0.25, 0.3) is 32.9 Å². The molecule has 0 atom stereocenters. The molecule has 0 spiro atoms. The third-order valence-corrected chi connectivity index (χ3v) is 7.87. The molecule has 0 amide bonds. The van der Waals surface area contributed by atoms with Crippen molar-refractivity contribution in [2.45, 2.75) is 44.7 Å². The van der Waals surface area contributed by atoms with Gasteiger partial charge in [0.25, 0.3) is 0 Å². The van der Waals surface area contributed by atoms with Gasteiger partial charge in [0.1, 0.15) is 5.82 Å². The Hall–Kier alpha value is -3.86. The van der Waals surface area contributed by atoms with Crippen LogP contribution in [0.2, 0.25) is 0 Å². The lowest BCUT2D eigenvalue weighted by Crippen LogP contribution is -2.26. The summed E-state index contributed by atoms with van der Waals surface area (Å²) in [5.74, 6) is 0.616. The molecule has 38 heavy (non-hydrogen) atoms. The van der Waals surface area contributed by atoms with E-state index in [1.54, 1.807) is 57.4 Å². The quantitative estimate of drug-likeness (QED) is 0.264. The van der Waals surface area contributed by atoms with E-state index < -0.39 is 15.6 Å². The summed E-state index contributed by atoms with van der Waals surface area (Å²) in [5, 5.41) is 20.9. The third kappa shape index (κ3) is 5.10. The summed E-state index contributed by atoms with van der Waals surface area (Å²) in [6, 6.07) is 14.5. The van der Waals surface area contributed by atoms with Crippen LogP contribution in [0.5, 0.6) is 0 Å². The van der Waals surface area contributed by atoms with Crippen LogP contribution >= 0.6 is 0 Å². The summed E-state index contributed by atoms with van der Waals surface area (Å²) in [7, 11) is -3.51. The number of aliphatic hydroxyl groups is 1. The Bertz CT molecular complexity index is 1740. The Kier molecular flexibility index (Phi) is 6.64. The van der Waals surface area contributed by atoms with Crippen molar-refractivity contribution in [1.82, 2.24) is 24.5 Å². The molecule has 3 heterocycles. The van der Waals surface area contributed by atoms with E-state index in [2.05, 4.69) is 27.0 Å². The first kappa shape index (κ1) is 25.8. The molecule has 10 heteroatoms. The van der Waals surface area contributed by atoms with Gasteiger partial charge < -0.3 is 10.4 Å². The van der Waals surface area contributed by atoms with Crippen molar-refractivity contribution in [3.8, 4) is 11.3 Å². The first-order chi connectivity index (χ1) is 18.1. The summed E-state index contributed by atoms with van der Waals surface area (Å²) >= 11 is 0. The Balaban J connectivity index is 1.50. The van der Waals surface area contributed by atoms with E-state index in [4.69, 9.17) is 4.98 Å². The second-order valence-corrected chi connectivity index (χ2v) is 11.7. The second kappa shape index (κ2) is 9.79. The molecule has 3 aromatic heterocycles. The van der Waals surface area contributed by atoms with Gasteiger partial charge >= 0.3 is 0 Å². The van der Waals surface area contributed by atoms with Crippen molar-refractivity contribution >= 4 is 43.2 Å². The van der Waals surface area contributed by atoms with Crippen molar-refractivity contribution in [3.05, 3.63) is 72.7 Å². The van der Waals surface area contributed by atoms with Crippen molar-refractivity contribution in [2.75, 3.05) is 11.9 Å². The summed E-state index contributed by atoms with van der Waals surface area (Å²) in [4.78, 5) is 9.47. The molecule has 2 aromatic carbocycles. The summed E-state index contributed by atoms with van der Waals surface area (Å²) in [6.45, 7) is 8.05. The van der Waals surface area contributed by atoms with E-state index in [1.807, 2.05) is 35.1 Å². The van der Waals surface area contributed by atoms with E-state index in [-0.39, 0.29) is 4.90 Å². The van der Waals surface area contributed by atoms with Crippen LogP contribution in [0, 0.1) is 6.92 Å². The number of benzene rings is 2. The van der Waals surface area contributed by atoms with Crippen molar-refractivity contribution in [3.63, 3.8) is 0 Å². The van der Waals surface area contributed by atoms with Crippen LogP contribution in [-0.4, -0.2) is 45.4 Å². The molecule has 0 fully saturated rings. The highest BCUT2D eigenvalue weighted by atomic mass is 32.2. The van der Waals surface area contributed by atoms with E-state index >= 15 is 0 Å². The minimum atomic E-state index is -3.51. The van der Waals surface area contributed by atoms with E-state index in [9.17, 15) is 13.5 Å². The maximum atomic E-state index is 12.2. The molecule has 0 aliphatic rings. The topological polar surface area (TPSA) is 122 Å². The van der Waals surface area contributed by atoms with Crippen LogP contribution in [0.15, 0.2) is 72.0 Å². The molecule has 3 N–H and O–H groups in total. The predicted molar refractivity (Wildman–Crippen MR) is 150 cm³/mol. The van der Waals surface area contributed by atoms with Gasteiger partial charge in [-0.25, -0.2) is 18.1 Å². The van der Waals surface area contributed by atoms with E-state index in [0.717, 1.165) is 44.2 Å². The van der Waals surface area contributed by atoms with Crippen LogP contribution in [0.4, 0.5) is 11.5 Å². The average Bonchev–Trinajstić information content (AvgIpc) is 3.26. The standard InChI is InChI=1S/C28H30N6O3S/c1-5-32-38(36,37)21-8-6-20(7-9-21)33-26-14-23-19(15-30-26)12-13-29-27(23)22-10-11-25-24(18(22)2)16-31-34(25)17-28(3,4)35/h6-16,32,35H,5,17H2,1-4H3,(H,30,33). The smallest absolute Gasteiger partial charge is 0.240 e. The molecule has 0 bridgehead atoms. The maximum Gasteiger partial charge on any atom is 0.240 e. The number of hydrogen-bond donors (Lipinski definition) is 3. The minimum Gasteiger partial charge on any atom is -0.389 e. The lowest BCUT2D eigenvalue weighted by Gasteiger charge is -2.18. The first-order valence-corrected chi connectivity index (χ1v) is 13.8. The number of nitrogens with zero attached hydrogens (tertiary/aromatic N) is 4. The molecule has 0 aliphatic carbocycles. The second-order valence-electron chi connectivity index (χ2n) is 9.89. The molecule has 0 unspecified atom stereocenters. The largest absolute Gasteiger partial charge is 0.389 e. The highest BCUT2D eigenvalue weighted by Gasteiger charge is 2.18. The fourth-order valence-corrected chi connectivity index (χ4v) is 5.57. The summed E-state index contributed by atoms with van der Waals surface area (Å²) < 4.78 is 28.8. The van der Waals surface area contributed by atoms with E-state index in [0.29, 0.717) is 18.9 Å². The summed E-state index contributed by atoms with van der Waals surface area (Å²) in [5.41, 5.74) is 3.66. The van der Waals surface area contributed by atoms with Crippen LogP contribution in [-0.2, 0) is 16.6 Å². The number of sulfonamides is 1.